The molecule has 2 N–H and O–H groups in total. The molecule has 1 aromatic heterocycles. The zero-order valence-electron chi connectivity index (χ0n) is 11.0. The molecule has 0 saturated carbocycles. The second-order valence-corrected chi connectivity index (χ2v) is 4.62. The first-order valence-corrected chi connectivity index (χ1v) is 6.42. The molecule has 0 saturated heterocycles. The fraction of sp³-hybridized carbons (Fsp3) is 0.125. The van der Waals surface area contributed by atoms with Gasteiger partial charge in [0.2, 0.25) is 0 Å². The van der Waals surface area contributed by atoms with Gasteiger partial charge in [-0.2, -0.15) is 8.78 Å². The summed E-state index contributed by atoms with van der Waals surface area (Å²) in [6.07, 6.45) is 0. The molecule has 1 heterocycles. The second kappa shape index (κ2) is 5.54. The van der Waals surface area contributed by atoms with E-state index in [0.29, 0.717) is 11.3 Å². The summed E-state index contributed by atoms with van der Waals surface area (Å²) in [5.41, 5.74) is 7.53. The summed E-state index contributed by atoms with van der Waals surface area (Å²) in [6.45, 7) is -2.86. The van der Waals surface area contributed by atoms with Gasteiger partial charge in [-0.15, -0.1) is 0 Å². The molecule has 1 unspecified atom stereocenters. The Balaban J connectivity index is 1.92. The van der Waals surface area contributed by atoms with Gasteiger partial charge < -0.3 is 14.9 Å². The molecule has 0 radical (unpaired) electrons. The maximum absolute atomic E-state index is 12.2. The summed E-state index contributed by atoms with van der Waals surface area (Å²) >= 11 is 0. The van der Waals surface area contributed by atoms with Crippen LogP contribution in [0.1, 0.15) is 17.4 Å². The summed E-state index contributed by atoms with van der Waals surface area (Å²) in [5.74, 6) is 0.652. The molecule has 0 amide bonds. The van der Waals surface area contributed by atoms with E-state index in [0.717, 1.165) is 11.0 Å². The molecular weight excluding hydrogens is 276 g/mol. The lowest BCUT2D eigenvalue weighted by atomic mass is 10.0. The molecule has 5 heteroatoms. The molecule has 1 atom stereocenters. The number of fused-ring (bicyclic) bond motifs is 1. The minimum atomic E-state index is -2.86. The number of furan rings is 1. The number of hydrogen-bond donors (Lipinski definition) is 1. The molecular formula is C16H13F2NO2. The monoisotopic (exact) mass is 289 g/mol. The molecule has 3 aromatic rings. The van der Waals surface area contributed by atoms with Gasteiger partial charge in [-0.1, -0.05) is 30.3 Å². The molecule has 0 aliphatic carbocycles. The van der Waals surface area contributed by atoms with Crippen molar-refractivity contribution in [2.45, 2.75) is 12.7 Å². The van der Waals surface area contributed by atoms with Gasteiger partial charge in [-0.05, 0) is 29.8 Å². The van der Waals surface area contributed by atoms with E-state index >= 15 is 0 Å². The van der Waals surface area contributed by atoms with Gasteiger partial charge in [0.25, 0.3) is 0 Å². The van der Waals surface area contributed by atoms with Crippen LogP contribution in [0.2, 0.25) is 0 Å². The quantitative estimate of drug-likeness (QED) is 0.787. The summed E-state index contributed by atoms with van der Waals surface area (Å²) in [4.78, 5) is 0. The molecule has 0 bridgehead atoms. The standard InChI is InChI=1S/C16H13F2NO2/c17-16(18)20-12-6-3-5-11(8-12)15(19)14-9-10-4-1-2-7-13(10)21-14/h1-9,15-16H,19H2. The molecule has 2 aromatic carbocycles. The lowest BCUT2D eigenvalue weighted by Crippen LogP contribution is -2.11. The highest BCUT2D eigenvalue weighted by Gasteiger charge is 2.15. The van der Waals surface area contributed by atoms with Gasteiger partial charge in [0.1, 0.15) is 17.1 Å². The minimum Gasteiger partial charge on any atom is -0.459 e. The van der Waals surface area contributed by atoms with Crippen LogP contribution < -0.4 is 10.5 Å². The summed E-state index contributed by atoms with van der Waals surface area (Å²) in [5, 5.41) is 0.947. The molecule has 0 spiro atoms. The van der Waals surface area contributed by atoms with E-state index in [1.165, 1.54) is 12.1 Å². The highest BCUT2D eigenvalue weighted by Crippen LogP contribution is 2.28. The van der Waals surface area contributed by atoms with Crippen LogP contribution in [0.25, 0.3) is 11.0 Å². The van der Waals surface area contributed by atoms with E-state index in [9.17, 15) is 8.78 Å². The maximum Gasteiger partial charge on any atom is 0.387 e. The Hall–Kier alpha value is -2.40. The van der Waals surface area contributed by atoms with Crippen LogP contribution in [0.3, 0.4) is 0 Å². The number of rotatable bonds is 4. The smallest absolute Gasteiger partial charge is 0.387 e. The summed E-state index contributed by atoms with van der Waals surface area (Å²) < 4.78 is 34.6. The topological polar surface area (TPSA) is 48.4 Å². The van der Waals surface area contributed by atoms with E-state index in [1.807, 2.05) is 30.3 Å². The molecule has 3 rings (SSSR count). The van der Waals surface area contributed by atoms with Gasteiger partial charge >= 0.3 is 6.61 Å². The molecule has 3 nitrogen and oxygen atoms in total. The number of benzene rings is 2. The fourth-order valence-electron chi connectivity index (χ4n) is 2.20. The van der Waals surface area contributed by atoms with E-state index in [1.54, 1.807) is 12.1 Å². The van der Waals surface area contributed by atoms with Crippen LogP contribution in [0.15, 0.2) is 59.0 Å². The van der Waals surface area contributed by atoms with Crippen molar-refractivity contribution < 1.29 is 17.9 Å². The third-order valence-corrected chi connectivity index (χ3v) is 3.19. The van der Waals surface area contributed by atoms with Crippen molar-refractivity contribution in [3.63, 3.8) is 0 Å². The molecule has 0 fully saturated rings. The van der Waals surface area contributed by atoms with Crippen LogP contribution in [0.4, 0.5) is 8.78 Å². The largest absolute Gasteiger partial charge is 0.459 e. The lowest BCUT2D eigenvalue weighted by molar-refractivity contribution is -0.0498. The first-order valence-electron chi connectivity index (χ1n) is 6.42. The van der Waals surface area contributed by atoms with Gasteiger partial charge in [0.15, 0.2) is 0 Å². The predicted molar refractivity (Wildman–Crippen MR) is 75.3 cm³/mol. The minimum absolute atomic E-state index is 0.0778. The Morgan fingerprint density at radius 1 is 1.00 bits per heavy atom. The van der Waals surface area contributed by atoms with Crippen molar-refractivity contribution in [1.29, 1.82) is 0 Å². The Morgan fingerprint density at radius 3 is 2.57 bits per heavy atom. The average molecular weight is 289 g/mol. The normalized spacial score (nSPS) is 12.8. The first kappa shape index (κ1) is 13.6. The van der Waals surface area contributed by atoms with Crippen molar-refractivity contribution in [1.82, 2.24) is 0 Å². The third-order valence-electron chi connectivity index (χ3n) is 3.19. The van der Waals surface area contributed by atoms with Crippen LogP contribution in [-0.4, -0.2) is 6.61 Å². The number of alkyl halides is 2. The number of para-hydroxylation sites is 1. The van der Waals surface area contributed by atoms with Crippen molar-refractivity contribution in [2.75, 3.05) is 0 Å². The lowest BCUT2D eigenvalue weighted by Gasteiger charge is -2.11. The van der Waals surface area contributed by atoms with E-state index < -0.39 is 12.7 Å². The number of ether oxygens (including phenoxy) is 1. The summed E-state index contributed by atoms with van der Waals surface area (Å²) in [7, 11) is 0. The SMILES string of the molecule is NC(c1cccc(OC(F)F)c1)c1cc2ccccc2o1. The first-order chi connectivity index (χ1) is 10.1. The predicted octanol–water partition coefficient (Wildman–Crippen LogP) is 4.08. The van der Waals surface area contributed by atoms with Gasteiger partial charge in [-0.25, -0.2) is 0 Å². The van der Waals surface area contributed by atoms with E-state index in [4.69, 9.17) is 10.2 Å². The number of halogens is 2. The Morgan fingerprint density at radius 2 is 1.81 bits per heavy atom. The van der Waals surface area contributed by atoms with Crippen LogP contribution in [-0.2, 0) is 0 Å². The Bertz CT molecular complexity index is 722. The molecule has 108 valence electrons. The van der Waals surface area contributed by atoms with Crippen LogP contribution in [0, 0.1) is 0 Å². The van der Waals surface area contributed by atoms with E-state index in [2.05, 4.69) is 4.74 Å². The maximum atomic E-state index is 12.2. The number of hydrogen-bond acceptors (Lipinski definition) is 3. The zero-order chi connectivity index (χ0) is 14.8. The summed E-state index contributed by atoms with van der Waals surface area (Å²) in [6, 6.07) is 15.2. The van der Waals surface area contributed by atoms with Crippen molar-refractivity contribution in [3.05, 3.63) is 65.9 Å². The average Bonchev–Trinajstić information content (AvgIpc) is 2.90. The van der Waals surface area contributed by atoms with Crippen molar-refractivity contribution in [2.24, 2.45) is 5.73 Å². The molecule has 21 heavy (non-hydrogen) atoms. The second-order valence-electron chi connectivity index (χ2n) is 4.62. The highest BCUT2D eigenvalue weighted by molar-refractivity contribution is 5.77. The van der Waals surface area contributed by atoms with Gasteiger partial charge in [0.05, 0.1) is 6.04 Å². The van der Waals surface area contributed by atoms with Crippen molar-refractivity contribution >= 4 is 11.0 Å². The molecule has 0 aliphatic heterocycles. The zero-order valence-corrected chi connectivity index (χ0v) is 11.0. The van der Waals surface area contributed by atoms with Crippen molar-refractivity contribution in [3.8, 4) is 5.75 Å². The third kappa shape index (κ3) is 2.87. The Labute approximate surface area is 119 Å². The fourth-order valence-corrected chi connectivity index (χ4v) is 2.20. The molecule has 0 aliphatic rings. The van der Waals surface area contributed by atoms with Gasteiger partial charge in [-0.3, -0.25) is 0 Å². The number of nitrogens with two attached hydrogens (primary N) is 1. The van der Waals surface area contributed by atoms with Crippen LogP contribution in [0.5, 0.6) is 5.75 Å². The van der Waals surface area contributed by atoms with Gasteiger partial charge in [0, 0.05) is 5.39 Å². The van der Waals surface area contributed by atoms with Crippen LogP contribution >= 0.6 is 0 Å². The Kier molecular flexibility index (Phi) is 3.58. The highest BCUT2D eigenvalue weighted by atomic mass is 19.3. The van der Waals surface area contributed by atoms with E-state index in [-0.39, 0.29) is 5.75 Å².